The summed E-state index contributed by atoms with van der Waals surface area (Å²) in [6.07, 6.45) is 1.25. The Hall–Kier alpha value is -1.46. The zero-order valence-electron chi connectivity index (χ0n) is 10.8. The summed E-state index contributed by atoms with van der Waals surface area (Å²) in [6, 6.07) is 3.74. The first-order valence-electron chi connectivity index (χ1n) is 5.82. The minimum atomic E-state index is -0.471. The first kappa shape index (κ1) is 13.0. The van der Waals surface area contributed by atoms with Gasteiger partial charge in [0.25, 0.3) is 0 Å². The Bertz CT molecular complexity index is 524. The molecule has 0 unspecified atom stereocenters. The van der Waals surface area contributed by atoms with Crippen LogP contribution in [0.2, 0.25) is 0 Å². The molecule has 1 N–H and O–H groups in total. The number of hydrogen-bond acceptors (Lipinski definition) is 5. The van der Waals surface area contributed by atoms with E-state index in [0.29, 0.717) is 0 Å². The van der Waals surface area contributed by atoms with Crippen molar-refractivity contribution in [2.45, 2.75) is 26.5 Å². The van der Waals surface area contributed by atoms with E-state index in [4.69, 9.17) is 0 Å². The van der Waals surface area contributed by atoms with E-state index < -0.39 is 6.10 Å². The fourth-order valence-electron chi connectivity index (χ4n) is 1.71. The van der Waals surface area contributed by atoms with Crippen LogP contribution in [0.5, 0.6) is 0 Å². The van der Waals surface area contributed by atoms with Crippen molar-refractivity contribution in [1.29, 1.82) is 0 Å². The summed E-state index contributed by atoms with van der Waals surface area (Å²) in [5.41, 5.74) is 1.92. The molecule has 0 aliphatic carbocycles. The third kappa shape index (κ3) is 3.05. The van der Waals surface area contributed by atoms with Gasteiger partial charge in [-0.3, -0.25) is 0 Å². The van der Waals surface area contributed by atoms with Crippen molar-refractivity contribution in [3.05, 3.63) is 40.0 Å². The van der Waals surface area contributed by atoms with Crippen molar-refractivity contribution in [2.24, 2.45) is 0 Å². The lowest BCUT2D eigenvalue weighted by molar-refractivity contribution is 0.199. The van der Waals surface area contributed by atoms with E-state index in [2.05, 4.69) is 15.3 Å². The van der Waals surface area contributed by atoms with E-state index >= 15 is 0 Å². The minimum Gasteiger partial charge on any atom is -0.389 e. The fraction of sp³-hybridized carbons (Fsp3) is 0.385. The largest absolute Gasteiger partial charge is 0.389 e. The van der Waals surface area contributed by atoms with Gasteiger partial charge in [0.1, 0.15) is 5.82 Å². The number of thiazole rings is 1. The summed E-state index contributed by atoms with van der Waals surface area (Å²) in [5, 5.41) is 12.7. The molecule has 0 aliphatic heterocycles. The summed E-state index contributed by atoms with van der Waals surface area (Å²) < 4.78 is 0. The lowest BCUT2D eigenvalue weighted by Gasteiger charge is -2.18. The van der Waals surface area contributed by atoms with Crippen molar-refractivity contribution < 1.29 is 5.11 Å². The van der Waals surface area contributed by atoms with Gasteiger partial charge < -0.3 is 10.0 Å². The van der Waals surface area contributed by atoms with Crippen LogP contribution in [-0.2, 0) is 6.54 Å². The van der Waals surface area contributed by atoms with Gasteiger partial charge in [0.05, 0.1) is 23.4 Å². The molecule has 2 aromatic heterocycles. The van der Waals surface area contributed by atoms with Crippen LogP contribution in [0.4, 0.5) is 5.82 Å². The Morgan fingerprint density at radius 1 is 1.50 bits per heavy atom. The first-order valence-corrected chi connectivity index (χ1v) is 6.70. The standard InChI is InChI=1S/C13H17N3OS/c1-9(17)11-4-5-14-13(6-11)16(3)7-12-8-18-10(2)15-12/h4-6,8-9,17H,7H2,1-3H3/t9-/m0/s1. The molecular weight excluding hydrogens is 246 g/mol. The number of aryl methyl sites for hydroxylation is 1. The van der Waals surface area contributed by atoms with Gasteiger partial charge in [-0.1, -0.05) is 0 Å². The molecule has 0 fully saturated rings. The monoisotopic (exact) mass is 263 g/mol. The number of pyridine rings is 1. The van der Waals surface area contributed by atoms with Gasteiger partial charge in [-0.2, -0.15) is 0 Å². The molecule has 4 nitrogen and oxygen atoms in total. The number of aliphatic hydroxyl groups excluding tert-OH is 1. The van der Waals surface area contributed by atoms with Crippen molar-refractivity contribution in [3.8, 4) is 0 Å². The number of anilines is 1. The Morgan fingerprint density at radius 2 is 2.28 bits per heavy atom. The van der Waals surface area contributed by atoms with Crippen LogP contribution in [-0.4, -0.2) is 22.1 Å². The molecule has 96 valence electrons. The predicted octanol–water partition coefficient (Wildman–Crippen LogP) is 2.54. The number of nitrogens with zero attached hydrogens (tertiary/aromatic N) is 3. The molecule has 0 spiro atoms. The van der Waals surface area contributed by atoms with Crippen LogP contribution in [0.1, 0.15) is 29.3 Å². The molecule has 0 radical (unpaired) electrons. The maximum absolute atomic E-state index is 9.57. The highest BCUT2D eigenvalue weighted by molar-refractivity contribution is 7.09. The summed E-state index contributed by atoms with van der Waals surface area (Å²) in [4.78, 5) is 10.8. The second-order valence-corrected chi connectivity index (χ2v) is 5.40. The van der Waals surface area contributed by atoms with Crippen LogP contribution in [0, 0.1) is 6.92 Å². The summed E-state index contributed by atoms with van der Waals surface area (Å²) >= 11 is 1.65. The summed E-state index contributed by atoms with van der Waals surface area (Å²) in [5.74, 6) is 0.846. The normalized spacial score (nSPS) is 12.4. The van der Waals surface area contributed by atoms with Crippen LogP contribution in [0.25, 0.3) is 0 Å². The van der Waals surface area contributed by atoms with Crippen molar-refractivity contribution in [2.75, 3.05) is 11.9 Å². The van der Waals surface area contributed by atoms with Crippen LogP contribution >= 0.6 is 11.3 Å². The third-order valence-electron chi connectivity index (χ3n) is 2.71. The Morgan fingerprint density at radius 3 is 2.89 bits per heavy atom. The lowest BCUT2D eigenvalue weighted by atomic mass is 10.2. The maximum Gasteiger partial charge on any atom is 0.128 e. The molecule has 1 atom stereocenters. The molecule has 2 rings (SSSR count). The van der Waals surface area contributed by atoms with Gasteiger partial charge in [0, 0.05) is 18.6 Å². The van der Waals surface area contributed by atoms with Gasteiger partial charge in [0.15, 0.2) is 0 Å². The van der Waals surface area contributed by atoms with Gasteiger partial charge in [-0.25, -0.2) is 9.97 Å². The molecule has 0 amide bonds. The lowest BCUT2D eigenvalue weighted by Crippen LogP contribution is -2.18. The number of aromatic nitrogens is 2. The molecule has 5 heteroatoms. The smallest absolute Gasteiger partial charge is 0.128 e. The first-order chi connectivity index (χ1) is 8.56. The molecule has 0 saturated heterocycles. The molecule has 0 saturated carbocycles. The topological polar surface area (TPSA) is 49.2 Å². The average Bonchev–Trinajstić information content (AvgIpc) is 2.75. The van der Waals surface area contributed by atoms with Crippen LogP contribution in [0.15, 0.2) is 23.7 Å². The molecular formula is C13H17N3OS. The quantitative estimate of drug-likeness (QED) is 0.921. The Kier molecular flexibility index (Phi) is 3.93. The van der Waals surface area contributed by atoms with E-state index in [9.17, 15) is 5.11 Å². The van der Waals surface area contributed by atoms with Crippen molar-refractivity contribution in [1.82, 2.24) is 9.97 Å². The zero-order chi connectivity index (χ0) is 13.1. The van der Waals surface area contributed by atoms with Crippen molar-refractivity contribution in [3.63, 3.8) is 0 Å². The maximum atomic E-state index is 9.57. The van der Waals surface area contributed by atoms with Gasteiger partial charge in [-0.05, 0) is 31.5 Å². The molecule has 0 aliphatic rings. The highest BCUT2D eigenvalue weighted by Gasteiger charge is 2.08. The van der Waals surface area contributed by atoms with E-state index in [1.165, 1.54) is 0 Å². The van der Waals surface area contributed by atoms with Crippen LogP contribution < -0.4 is 4.90 Å². The highest BCUT2D eigenvalue weighted by Crippen LogP contribution is 2.19. The second-order valence-electron chi connectivity index (χ2n) is 4.34. The molecule has 0 bridgehead atoms. The summed E-state index contributed by atoms with van der Waals surface area (Å²) in [6.45, 7) is 4.48. The molecule has 0 aromatic carbocycles. The van der Waals surface area contributed by atoms with Gasteiger partial charge >= 0.3 is 0 Å². The van der Waals surface area contributed by atoms with E-state index in [1.54, 1.807) is 24.5 Å². The van der Waals surface area contributed by atoms with Gasteiger partial charge in [-0.15, -0.1) is 11.3 Å². The molecule has 18 heavy (non-hydrogen) atoms. The van der Waals surface area contributed by atoms with E-state index in [0.717, 1.165) is 28.6 Å². The van der Waals surface area contributed by atoms with Crippen molar-refractivity contribution >= 4 is 17.2 Å². The SMILES string of the molecule is Cc1nc(CN(C)c2cc([C@H](C)O)ccn2)cs1. The Labute approximate surface area is 111 Å². The third-order valence-corrected chi connectivity index (χ3v) is 3.53. The van der Waals surface area contributed by atoms with Gasteiger partial charge in [0.2, 0.25) is 0 Å². The van der Waals surface area contributed by atoms with E-state index in [-0.39, 0.29) is 0 Å². The Balaban J connectivity index is 2.13. The average molecular weight is 263 g/mol. The second kappa shape index (κ2) is 5.46. The van der Waals surface area contributed by atoms with Crippen LogP contribution in [0.3, 0.4) is 0 Å². The van der Waals surface area contributed by atoms with E-state index in [1.807, 2.05) is 31.0 Å². The number of rotatable bonds is 4. The zero-order valence-corrected chi connectivity index (χ0v) is 11.6. The number of aliphatic hydroxyl groups is 1. The number of hydrogen-bond donors (Lipinski definition) is 1. The predicted molar refractivity (Wildman–Crippen MR) is 73.8 cm³/mol. The molecule has 2 heterocycles. The highest BCUT2D eigenvalue weighted by atomic mass is 32.1. The summed E-state index contributed by atoms with van der Waals surface area (Å²) in [7, 11) is 1.98. The minimum absolute atomic E-state index is 0.471. The molecule has 2 aromatic rings. The fourth-order valence-corrected chi connectivity index (χ4v) is 2.31.